The Hall–Kier alpha value is -4.62. The molecule has 4 heterocycles. The third kappa shape index (κ3) is 10.0. The predicted octanol–water partition coefficient (Wildman–Crippen LogP) is 5.04. The predicted molar refractivity (Wildman–Crippen MR) is 193 cm³/mol. The lowest BCUT2D eigenvalue weighted by Crippen LogP contribution is -2.51. The summed E-state index contributed by atoms with van der Waals surface area (Å²) in [4.78, 5) is 15.8. The molecule has 0 bridgehead atoms. The van der Waals surface area contributed by atoms with E-state index >= 15 is 0 Å². The number of anilines is 2. The fourth-order valence-corrected chi connectivity index (χ4v) is 6.93. The summed E-state index contributed by atoms with van der Waals surface area (Å²) in [6.07, 6.45) is 14.0. The van der Waals surface area contributed by atoms with Crippen molar-refractivity contribution >= 4 is 11.6 Å². The summed E-state index contributed by atoms with van der Waals surface area (Å²) in [5, 5.41) is 22.1. The highest BCUT2D eigenvalue weighted by atomic mass is 16.5. The van der Waals surface area contributed by atoms with E-state index in [1.165, 1.54) is 6.33 Å². The largest absolute Gasteiger partial charge is 0.487 e. The number of aromatic nitrogens is 7. The molecule has 1 saturated heterocycles. The minimum Gasteiger partial charge on any atom is -0.487 e. The van der Waals surface area contributed by atoms with Crippen LogP contribution < -0.4 is 14.8 Å². The van der Waals surface area contributed by atoms with Crippen LogP contribution in [0.2, 0.25) is 0 Å². The van der Waals surface area contributed by atoms with E-state index in [-0.39, 0.29) is 24.4 Å². The van der Waals surface area contributed by atoms with Gasteiger partial charge in [0.05, 0.1) is 56.4 Å². The maximum atomic E-state index is 9.70. The molecular formula is C37H50N10O5. The molecule has 6 rings (SSSR count). The van der Waals surface area contributed by atoms with Crippen LogP contribution in [-0.4, -0.2) is 110 Å². The molecule has 2 fully saturated rings. The molecule has 2 aliphatic rings. The van der Waals surface area contributed by atoms with Gasteiger partial charge in [-0.15, -0.1) is 5.10 Å². The molecule has 1 aromatic carbocycles. The van der Waals surface area contributed by atoms with Crippen molar-refractivity contribution in [2.45, 2.75) is 89.8 Å². The summed E-state index contributed by atoms with van der Waals surface area (Å²) < 4.78 is 32.7. The Morgan fingerprint density at radius 1 is 1.00 bits per heavy atom. The summed E-state index contributed by atoms with van der Waals surface area (Å²) in [7, 11) is 1.66. The molecule has 3 atom stereocenters. The third-order valence-corrected chi connectivity index (χ3v) is 9.38. The Bertz CT molecular complexity index is 1710. The Kier molecular flexibility index (Phi) is 13.0. The smallest absolute Gasteiger partial charge is 0.256 e. The first-order chi connectivity index (χ1) is 25.4. The van der Waals surface area contributed by atoms with Crippen molar-refractivity contribution in [2.24, 2.45) is 0 Å². The molecule has 0 unspecified atom stereocenters. The normalized spacial score (nSPS) is 21.4. The van der Waals surface area contributed by atoms with Gasteiger partial charge in [-0.2, -0.15) is 10.4 Å². The fourth-order valence-electron chi connectivity index (χ4n) is 6.93. The van der Waals surface area contributed by atoms with E-state index in [0.29, 0.717) is 67.8 Å². The van der Waals surface area contributed by atoms with Gasteiger partial charge < -0.3 is 29.0 Å². The van der Waals surface area contributed by atoms with E-state index in [9.17, 15) is 5.26 Å². The van der Waals surface area contributed by atoms with Crippen LogP contribution in [-0.2, 0) is 20.8 Å². The Morgan fingerprint density at radius 3 is 2.48 bits per heavy atom. The van der Waals surface area contributed by atoms with Crippen LogP contribution in [0.5, 0.6) is 11.6 Å². The highest BCUT2D eigenvalue weighted by Crippen LogP contribution is 2.35. The summed E-state index contributed by atoms with van der Waals surface area (Å²) in [6.45, 7) is 10.9. The standard InChI is InChI=1S/C37H50N10O5/c1-26-20-45(21-27(2)51-26)32-8-10-33(11-9-32)47-23-34(36(44-47)50-13-5-12-49-15-14-48-4)43-37-40-18-31(19-41-37)29-6-7-30(17-38)35(16-29)52-28(3)22-46-25-39-24-42-46/h6-7,16,18-19,23-28,32-33H,5,8-15,20-22H2,1-4H3,(H,40,41,43)/t26-,27+,28-,32-,33-/m0/s1. The first-order valence-corrected chi connectivity index (χ1v) is 18.2. The van der Waals surface area contributed by atoms with Gasteiger partial charge in [0.2, 0.25) is 5.95 Å². The Labute approximate surface area is 305 Å². The minimum absolute atomic E-state index is 0.236. The minimum atomic E-state index is -0.236. The van der Waals surface area contributed by atoms with Crippen LogP contribution in [0.15, 0.2) is 49.4 Å². The van der Waals surface area contributed by atoms with E-state index in [2.05, 4.69) is 50.2 Å². The first kappa shape index (κ1) is 37.1. The maximum absolute atomic E-state index is 9.70. The van der Waals surface area contributed by atoms with Crippen molar-refractivity contribution in [1.82, 2.24) is 39.4 Å². The molecule has 52 heavy (non-hydrogen) atoms. The lowest BCUT2D eigenvalue weighted by atomic mass is 9.89. The zero-order valence-electron chi connectivity index (χ0n) is 30.6. The number of ether oxygens (including phenoxy) is 5. The molecule has 1 aliphatic carbocycles. The average Bonchev–Trinajstić information content (AvgIpc) is 3.81. The van der Waals surface area contributed by atoms with Gasteiger partial charge in [0, 0.05) is 57.2 Å². The number of benzene rings is 1. The molecule has 4 aromatic rings. The van der Waals surface area contributed by atoms with E-state index < -0.39 is 0 Å². The fraction of sp³-hybridized carbons (Fsp3) is 0.568. The lowest BCUT2D eigenvalue weighted by Gasteiger charge is -2.42. The molecule has 278 valence electrons. The van der Waals surface area contributed by atoms with E-state index in [0.717, 1.165) is 56.3 Å². The second-order valence-electron chi connectivity index (χ2n) is 13.6. The van der Waals surface area contributed by atoms with Crippen LogP contribution in [0.1, 0.15) is 64.5 Å². The molecule has 0 amide bonds. The van der Waals surface area contributed by atoms with Gasteiger partial charge in [-0.25, -0.2) is 19.6 Å². The zero-order valence-corrected chi connectivity index (χ0v) is 30.6. The number of hydrogen-bond donors (Lipinski definition) is 1. The SMILES string of the molecule is COCCOCCCOc1nn([C@H]2CC[C@H](N3C[C@@H](C)O[C@@H](C)C3)CC2)cc1Nc1ncc(-c2ccc(C#N)c(O[C@@H](C)Cn3cncn3)c2)cn1. The molecule has 0 spiro atoms. The number of nitriles is 1. The van der Waals surface area contributed by atoms with E-state index in [4.69, 9.17) is 28.8 Å². The van der Waals surface area contributed by atoms with Crippen LogP contribution in [0.25, 0.3) is 11.1 Å². The number of morpholine rings is 1. The second kappa shape index (κ2) is 18.2. The molecule has 1 saturated carbocycles. The van der Waals surface area contributed by atoms with Crippen LogP contribution in [0.4, 0.5) is 11.6 Å². The molecule has 1 N–H and O–H groups in total. The molecule has 15 heteroatoms. The van der Waals surface area contributed by atoms with Gasteiger partial charge in [-0.05, 0) is 64.2 Å². The molecule has 0 radical (unpaired) electrons. The van der Waals surface area contributed by atoms with E-state index in [1.54, 1.807) is 36.6 Å². The molecule has 1 aliphatic heterocycles. The van der Waals surface area contributed by atoms with Gasteiger partial charge in [0.25, 0.3) is 5.88 Å². The molecule has 15 nitrogen and oxygen atoms in total. The lowest BCUT2D eigenvalue weighted by molar-refractivity contribution is -0.0852. The van der Waals surface area contributed by atoms with Gasteiger partial charge in [0.1, 0.15) is 36.3 Å². The highest BCUT2D eigenvalue weighted by Gasteiger charge is 2.32. The maximum Gasteiger partial charge on any atom is 0.256 e. The molecule has 3 aromatic heterocycles. The Balaban J connectivity index is 1.12. The molecular weight excluding hydrogens is 664 g/mol. The number of nitrogens with one attached hydrogen (secondary N) is 1. The summed E-state index contributed by atoms with van der Waals surface area (Å²) >= 11 is 0. The van der Waals surface area contributed by atoms with Crippen molar-refractivity contribution in [1.29, 1.82) is 5.26 Å². The summed E-state index contributed by atoms with van der Waals surface area (Å²) in [5.74, 6) is 1.41. The average molecular weight is 715 g/mol. The summed E-state index contributed by atoms with van der Waals surface area (Å²) in [5.41, 5.74) is 2.76. The number of rotatable bonds is 17. The highest BCUT2D eigenvalue weighted by molar-refractivity contribution is 5.67. The first-order valence-electron chi connectivity index (χ1n) is 18.2. The number of hydrogen-bond acceptors (Lipinski definition) is 13. The van der Waals surface area contributed by atoms with Crippen LogP contribution in [0.3, 0.4) is 0 Å². The Morgan fingerprint density at radius 2 is 1.77 bits per heavy atom. The van der Waals surface area contributed by atoms with Crippen molar-refractivity contribution in [2.75, 3.05) is 51.9 Å². The second-order valence-corrected chi connectivity index (χ2v) is 13.6. The number of methoxy groups -OCH3 is 1. The monoisotopic (exact) mass is 714 g/mol. The quantitative estimate of drug-likeness (QED) is 0.145. The van der Waals surface area contributed by atoms with Gasteiger partial charge in [0.15, 0.2) is 0 Å². The van der Waals surface area contributed by atoms with E-state index in [1.807, 2.05) is 29.9 Å². The van der Waals surface area contributed by atoms with Crippen LogP contribution >= 0.6 is 0 Å². The summed E-state index contributed by atoms with van der Waals surface area (Å²) in [6, 6.07) is 8.51. The van der Waals surface area contributed by atoms with Gasteiger partial charge in [-0.3, -0.25) is 9.58 Å². The van der Waals surface area contributed by atoms with Crippen molar-refractivity contribution in [3.63, 3.8) is 0 Å². The zero-order chi connectivity index (χ0) is 36.3. The van der Waals surface area contributed by atoms with Gasteiger partial charge in [-0.1, -0.05) is 6.07 Å². The number of nitrogens with zero attached hydrogens (tertiary/aromatic N) is 9. The van der Waals surface area contributed by atoms with Crippen molar-refractivity contribution < 1.29 is 23.7 Å². The third-order valence-electron chi connectivity index (χ3n) is 9.38. The van der Waals surface area contributed by atoms with Crippen LogP contribution in [0, 0.1) is 11.3 Å². The van der Waals surface area contributed by atoms with Crippen molar-refractivity contribution in [3.8, 4) is 28.8 Å². The van der Waals surface area contributed by atoms with Crippen molar-refractivity contribution in [3.05, 3.63) is 55.0 Å². The van der Waals surface area contributed by atoms with Gasteiger partial charge >= 0.3 is 0 Å². The topological polar surface area (TPSA) is 160 Å².